The zero-order chi connectivity index (χ0) is 15.5. The van der Waals surface area contributed by atoms with Gasteiger partial charge in [0.25, 0.3) is 5.91 Å². The van der Waals surface area contributed by atoms with E-state index in [2.05, 4.69) is 10.6 Å². The van der Waals surface area contributed by atoms with Crippen LogP contribution in [0.2, 0.25) is 0 Å². The highest BCUT2D eigenvalue weighted by atomic mass is 35.5. The zero-order valence-corrected chi connectivity index (χ0v) is 12.8. The van der Waals surface area contributed by atoms with Crippen molar-refractivity contribution in [1.82, 2.24) is 15.5 Å². The van der Waals surface area contributed by atoms with E-state index in [4.69, 9.17) is 16.9 Å². The molecule has 21 heavy (non-hydrogen) atoms. The van der Waals surface area contributed by atoms with Crippen LogP contribution in [0.3, 0.4) is 0 Å². The van der Waals surface area contributed by atoms with Crippen LogP contribution in [-0.4, -0.2) is 48.8 Å². The van der Waals surface area contributed by atoms with E-state index < -0.39 is 5.91 Å². The first kappa shape index (κ1) is 17.3. The third-order valence-electron chi connectivity index (χ3n) is 3.13. The lowest BCUT2D eigenvalue weighted by atomic mass is 10.3. The molecule has 1 aliphatic heterocycles. The Balaban J connectivity index is 2.21. The Kier molecular flexibility index (Phi) is 8.29. The summed E-state index contributed by atoms with van der Waals surface area (Å²) in [6.45, 7) is 2.62. The Morgan fingerprint density at radius 1 is 1.43 bits per heavy atom. The molecule has 116 valence electrons. The molecule has 1 heterocycles. The molecule has 1 fully saturated rings. The Bertz CT molecular complexity index is 431. The summed E-state index contributed by atoms with van der Waals surface area (Å²) in [4.78, 5) is 24.9. The Morgan fingerprint density at radius 3 is 2.86 bits per heavy atom. The van der Waals surface area contributed by atoms with Gasteiger partial charge in [0.05, 0.1) is 0 Å². The smallest absolute Gasteiger partial charge is 0.263 e. The summed E-state index contributed by atoms with van der Waals surface area (Å²) < 4.78 is 0. The SMILES string of the molecule is N#C/C(=C/NCCCN1CCCC1=O)C(=O)NCCCCl. The third-order valence-corrected chi connectivity index (χ3v) is 3.40. The van der Waals surface area contributed by atoms with E-state index in [1.54, 1.807) is 0 Å². The molecule has 0 atom stereocenters. The van der Waals surface area contributed by atoms with E-state index >= 15 is 0 Å². The highest BCUT2D eigenvalue weighted by Gasteiger charge is 2.18. The predicted molar refractivity (Wildman–Crippen MR) is 80.5 cm³/mol. The Morgan fingerprint density at radius 2 is 2.24 bits per heavy atom. The molecular weight excluding hydrogens is 292 g/mol. The first-order valence-electron chi connectivity index (χ1n) is 7.14. The van der Waals surface area contributed by atoms with Crippen molar-refractivity contribution in [2.24, 2.45) is 0 Å². The maximum absolute atomic E-state index is 11.6. The molecule has 0 aromatic rings. The highest BCUT2D eigenvalue weighted by Crippen LogP contribution is 2.09. The maximum Gasteiger partial charge on any atom is 0.263 e. The van der Waals surface area contributed by atoms with E-state index in [0.29, 0.717) is 38.4 Å². The average molecular weight is 313 g/mol. The maximum atomic E-state index is 11.6. The van der Waals surface area contributed by atoms with Crippen molar-refractivity contribution in [3.8, 4) is 6.07 Å². The minimum absolute atomic E-state index is 0.0434. The number of nitrogens with zero attached hydrogens (tertiary/aromatic N) is 2. The average Bonchev–Trinajstić information content (AvgIpc) is 2.88. The molecule has 0 aliphatic carbocycles. The molecule has 0 aromatic heterocycles. The number of hydrogen-bond donors (Lipinski definition) is 2. The third kappa shape index (κ3) is 6.50. The summed E-state index contributed by atoms with van der Waals surface area (Å²) in [5, 5.41) is 14.5. The molecule has 0 radical (unpaired) electrons. The zero-order valence-electron chi connectivity index (χ0n) is 12.0. The van der Waals surface area contributed by atoms with Crippen LogP contribution in [0.25, 0.3) is 0 Å². The molecule has 0 saturated carbocycles. The first-order chi connectivity index (χ1) is 10.2. The quantitative estimate of drug-likeness (QED) is 0.285. The molecule has 1 saturated heterocycles. The number of carbonyl (C=O) groups is 2. The number of nitriles is 1. The van der Waals surface area contributed by atoms with Crippen molar-refractivity contribution in [2.75, 3.05) is 32.1 Å². The molecule has 0 spiro atoms. The van der Waals surface area contributed by atoms with Crippen LogP contribution < -0.4 is 10.6 Å². The van der Waals surface area contributed by atoms with Crippen molar-refractivity contribution in [2.45, 2.75) is 25.7 Å². The van der Waals surface area contributed by atoms with Gasteiger partial charge in [-0.1, -0.05) is 0 Å². The fourth-order valence-electron chi connectivity index (χ4n) is 2.00. The molecule has 6 nitrogen and oxygen atoms in total. The van der Waals surface area contributed by atoms with Crippen LogP contribution >= 0.6 is 11.6 Å². The van der Waals surface area contributed by atoms with E-state index in [1.165, 1.54) is 6.20 Å². The van der Waals surface area contributed by atoms with Gasteiger partial charge in [0, 0.05) is 44.7 Å². The second kappa shape index (κ2) is 10.1. The number of hydrogen-bond acceptors (Lipinski definition) is 4. The molecule has 0 unspecified atom stereocenters. The lowest BCUT2D eigenvalue weighted by Crippen LogP contribution is -2.28. The van der Waals surface area contributed by atoms with Crippen molar-refractivity contribution < 1.29 is 9.59 Å². The molecule has 2 amide bonds. The predicted octanol–water partition coefficient (Wildman–Crippen LogP) is 0.741. The number of halogens is 1. The van der Waals surface area contributed by atoms with E-state index in [0.717, 1.165) is 19.4 Å². The fraction of sp³-hybridized carbons (Fsp3) is 0.643. The molecule has 1 aliphatic rings. The van der Waals surface area contributed by atoms with Gasteiger partial charge in [-0.2, -0.15) is 5.26 Å². The number of nitrogens with one attached hydrogen (secondary N) is 2. The lowest BCUT2D eigenvalue weighted by Gasteiger charge is -2.14. The van der Waals surface area contributed by atoms with Gasteiger partial charge in [-0.05, 0) is 19.3 Å². The molecular formula is C14H21ClN4O2. The van der Waals surface area contributed by atoms with Gasteiger partial charge in [-0.15, -0.1) is 11.6 Å². The molecule has 2 N–H and O–H groups in total. The van der Waals surface area contributed by atoms with Crippen LogP contribution in [0, 0.1) is 11.3 Å². The summed E-state index contributed by atoms with van der Waals surface area (Å²) in [5.74, 6) is 0.283. The Labute approximate surface area is 130 Å². The van der Waals surface area contributed by atoms with Gasteiger partial charge >= 0.3 is 0 Å². The normalized spacial score (nSPS) is 15.0. The van der Waals surface area contributed by atoms with E-state index in [1.807, 2.05) is 11.0 Å². The monoisotopic (exact) mass is 312 g/mol. The van der Waals surface area contributed by atoms with Crippen LogP contribution in [0.15, 0.2) is 11.8 Å². The van der Waals surface area contributed by atoms with Gasteiger partial charge in [0.2, 0.25) is 5.91 Å². The second-order valence-electron chi connectivity index (χ2n) is 4.76. The minimum atomic E-state index is -0.398. The molecule has 7 heteroatoms. The van der Waals surface area contributed by atoms with Gasteiger partial charge in [0.15, 0.2) is 0 Å². The molecule has 0 bridgehead atoms. The highest BCUT2D eigenvalue weighted by molar-refractivity contribution is 6.17. The van der Waals surface area contributed by atoms with Gasteiger partial charge < -0.3 is 15.5 Å². The van der Waals surface area contributed by atoms with Crippen molar-refractivity contribution in [3.05, 3.63) is 11.8 Å². The first-order valence-corrected chi connectivity index (χ1v) is 7.68. The van der Waals surface area contributed by atoms with E-state index in [-0.39, 0.29) is 11.5 Å². The minimum Gasteiger partial charge on any atom is -0.390 e. The molecule has 1 rings (SSSR count). The van der Waals surface area contributed by atoms with Gasteiger partial charge in [-0.25, -0.2) is 0 Å². The summed E-state index contributed by atoms with van der Waals surface area (Å²) in [6, 6.07) is 1.86. The number of alkyl halides is 1. The standard InChI is InChI=1S/C14H21ClN4O2/c15-5-2-7-18-14(21)12(10-16)11-17-6-3-9-19-8-1-4-13(19)20/h11,17H,1-9H2,(H,18,21)/b12-11-. The van der Waals surface area contributed by atoms with E-state index in [9.17, 15) is 9.59 Å². The second-order valence-corrected chi connectivity index (χ2v) is 5.14. The number of carbonyl (C=O) groups excluding carboxylic acids is 2. The van der Waals surface area contributed by atoms with Crippen LogP contribution in [-0.2, 0) is 9.59 Å². The van der Waals surface area contributed by atoms with Crippen molar-refractivity contribution in [1.29, 1.82) is 5.26 Å². The topological polar surface area (TPSA) is 85.2 Å². The molecule has 0 aromatic carbocycles. The summed E-state index contributed by atoms with van der Waals surface area (Å²) in [7, 11) is 0. The van der Waals surface area contributed by atoms with Crippen LogP contribution in [0.4, 0.5) is 0 Å². The summed E-state index contributed by atoms with van der Waals surface area (Å²) in [5.41, 5.74) is 0.0434. The van der Waals surface area contributed by atoms with Crippen LogP contribution in [0.5, 0.6) is 0 Å². The summed E-state index contributed by atoms with van der Waals surface area (Å²) >= 11 is 5.51. The summed E-state index contributed by atoms with van der Waals surface area (Å²) in [6.07, 6.45) is 4.46. The lowest BCUT2D eigenvalue weighted by molar-refractivity contribution is -0.127. The number of rotatable bonds is 9. The number of likely N-dealkylation sites (tertiary alicyclic amines) is 1. The van der Waals surface area contributed by atoms with Crippen LogP contribution in [0.1, 0.15) is 25.7 Å². The fourth-order valence-corrected chi connectivity index (χ4v) is 2.13. The Hall–Kier alpha value is -1.74. The largest absolute Gasteiger partial charge is 0.390 e. The van der Waals surface area contributed by atoms with Gasteiger partial charge in [0.1, 0.15) is 11.6 Å². The van der Waals surface area contributed by atoms with Gasteiger partial charge in [-0.3, -0.25) is 9.59 Å². The number of amides is 2. The van der Waals surface area contributed by atoms with Crippen molar-refractivity contribution >= 4 is 23.4 Å². The van der Waals surface area contributed by atoms with Crippen molar-refractivity contribution in [3.63, 3.8) is 0 Å².